The Morgan fingerprint density at radius 3 is 3.00 bits per heavy atom. The molecule has 0 saturated carbocycles. The molecule has 0 aliphatic heterocycles. The Morgan fingerprint density at radius 1 is 1.41 bits per heavy atom. The second kappa shape index (κ2) is 5.40. The summed E-state index contributed by atoms with van der Waals surface area (Å²) in [5.74, 6) is 2.24. The van der Waals surface area contributed by atoms with Crippen molar-refractivity contribution in [3.05, 3.63) is 34.5 Å². The van der Waals surface area contributed by atoms with Crippen molar-refractivity contribution in [1.82, 2.24) is 14.2 Å². The smallest absolute Gasteiger partial charge is 0.276 e. The lowest BCUT2D eigenvalue weighted by Crippen LogP contribution is -2.21. The summed E-state index contributed by atoms with van der Waals surface area (Å²) in [4.78, 5) is 12.1. The molecule has 0 aliphatic rings. The third-order valence-electron chi connectivity index (χ3n) is 2.62. The van der Waals surface area contributed by atoms with E-state index in [-0.39, 0.29) is 5.56 Å². The van der Waals surface area contributed by atoms with Crippen LogP contribution in [0.1, 0.15) is 19.0 Å². The first-order valence-electron chi connectivity index (χ1n) is 5.85. The molecule has 0 unspecified atom stereocenters. The molecule has 0 aliphatic carbocycles. The minimum absolute atomic E-state index is 0.0506. The lowest BCUT2D eigenvalue weighted by Gasteiger charge is -2.05. The molecular weight excluding hydrogens is 234 g/mol. The van der Waals surface area contributed by atoms with Crippen LogP contribution in [-0.4, -0.2) is 25.7 Å². The van der Waals surface area contributed by atoms with Crippen LogP contribution in [0, 0.1) is 6.92 Å². The van der Waals surface area contributed by atoms with Crippen LogP contribution in [0.15, 0.2) is 23.3 Å². The number of hydrogen-bond donors (Lipinski definition) is 0. The summed E-state index contributed by atoms with van der Waals surface area (Å²) in [7, 11) is 0. The number of fused-ring (bicyclic) bond motifs is 1. The van der Waals surface area contributed by atoms with Gasteiger partial charge in [0.05, 0.1) is 5.69 Å². The van der Waals surface area contributed by atoms with Gasteiger partial charge in [-0.3, -0.25) is 4.79 Å². The minimum atomic E-state index is 0.0506. The summed E-state index contributed by atoms with van der Waals surface area (Å²) in [6, 6.07) is 1.83. The molecule has 5 heteroatoms. The molecule has 2 heterocycles. The van der Waals surface area contributed by atoms with Crippen LogP contribution in [0.2, 0.25) is 0 Å². The van der Waals surface area contributed by atoms with Gasteiger partial charge in [-0.15, -0.1) is 0 Å². The third kappa shape index (κ3) is 2.72. The van der Waals surface area contributed by atoms with Crippen molar-refractivity contribution in [2.45, 2.75) is 26.8 Å². The van der Waals surface area contributed by atoms with Crippen molar-refractivity contribution in [2.24, 2.45) is 0 Å². The molecule has 0 N–H and O–H groups in total. The largest absolute Gasteiger partial charge is 0.312 e. The molecule has 2 rings (SSSR count). The molecule has 4 nitrogen and oxygen atoms in total. The highest BCUT2D eigenvalue weighted by Crippen LogP contribution is 2.03. The molecule has 0 saturated heterocycles. The van der Waals surface area contributed by atoms with E-state index in [9.17, 15) is 4.79 Å². The number of aryl methyl sites for hydroxylation is 2. The summed E-state index contributed by atoms with van der Waals surface area (Å²) in [6.07, 6.45) is 4.69. The van der Waals surface area contributed by atoms with Crippen molar-refractivity contribution in [3.63, 3.8) is 0 Å². The Hall–Kier alpha value is -1.23. The van der Waals surface area contributed by atoms with E-state index in [1.165, 1.54) is 0 Å². The van der Waals surface area contributed by atoms with Crippen LogP contribution in [0.3, 0.4) is 0 Å². The highest BCUT2D eigenvalue weighted by Gasteiger charge is 2.04. The topological polar surface area (TPSA) is 39.3 Å². The first-order chi connectivity index (χ1) is 8.22. The monoisotopic (exact) mass is 251 g/mol. The molecule has 92 valence electrons. The van der Waals surface area contributed by atoms with E-state index < -0.39 is 0 Å². The number of rotatable bonds is 5. The van der Waals surface area contributed by atoms with Gasteiger partial charge in [-0.05, 0) is 30.9 Å². The Labute approximate surface area is 105 Å². The fraction of sp³-hybridized carbons (Fsp3) is 0.500. The second-order valence-corrected chi connectivity index (χ2v) is 5.36. The SMILES string of the molecule is CCSCCCn1ccn2nc(C)cc2c1=O. The fourth-order valence-electron chi connectivity index (χ4n) is 1.81. The van der Waals surface area contributed by atoms with E-state index in [1.807, 2.05) is 37.1 Å². The zero-order chi connectivity index (χ0) is 12.3. The molecule has 0 aromatic carbocycles. The van der Waals surface area contributed by atoms with Gasteiger partial charge < -0.3 is 4.57 Å². The van der Waals surface area contributed by atoms with Crippen molar-refractivity contribution in [1.29, 1.82) is 0 Å². The van der Waals surface area contributed by atoms with Gasteiger partial charge in [0.25, 0.3) is 5.56 Å². The number of aromatic nitrogens is 3. The van der Waals surface area contributed by atoms with Gasteiger partial charge in [0.2, 0.25) is 0 Å². The molecular formula is C12H17N3OS. The predicted octanol–water partition coefficient (Wildman–Crippen LogP) is 1.95. The van der Waals surface area contributed by atoms with Gasteiger partial charge in [0.1, 0.15) is 5.52 Å². The van der Waals surface area contributed by atoms with Crippen molar-refractivity contribution < 1.29 is 0 Å². The first kappa shape index (κ1) is 12.2. The average molecular weight is 251 g/mol. The maximum atomic E-state index is 12.1. The molecule has 0 fully saturated rings. The molecule has 17 heavy (non-hydrogen) atoms. The third-order valence-corrected chi connectivity index (χ3v) is 3.60. The van der Waals surface area contributed by atoms with Crippen LogP contribution < -0.4 is 5.56 Å². The summed E-state index contributed by atoms with van der Waals surface area (Å²) < 4.78 is 3.42. The van der Waals surface area contributed by atoms with E-state index in [2.05, 4.69) is 12.0 Å². The van der Waals surface area contributed by atoms with Crippen LogP contribution in [-0.2, 0) is 6.54 Å². The second-order valence-electron chi connectivity index (χ2n) is 3.96. The molecule has 0 spiro atoms. The number of hydrogen-bond acceptors (Lipinski definition) is 3. The Kier molecular flexibility index (Phi) is 3.89. The van der Waals surface area contributed by atoms with Crippen LogP contribution in [0.5, 0.6) is 0 Å². The maximum Gasteiger partial charge on any atom is 0.276 e. The minimum Gasteiger partial charge on any atom is -0.312 e. The van der Waals surface area contributed by atoms with E-state index in [1.54, 1.807) is 9.08 Å². The zero-order valence-electron chi connectivity index (χ0n) is 10.2. The lowest BCUT2D eigenvalue weighted by atomic mass is 10.4. The van der Waals surface area contributed by atoms with E-state index in [0.717, 1.165) is 30.2 Å². The Morgan fingerprint density at radius 2 is 2.24 bits per heavy atom. The Bertz CT molecular complexity index is 558. The van der Waals surface area contributed by atoms with Crippen molar-refractivity contribution in [3.8, 4) is 0 Å². The van der Waals surface area contributed by atoms with Crippen molar-refractivity contribution in [2.75, 3.05) is 11.5 Å². The zero-order valence-corrected chi connectivity index (χ0v) is 11.0. The Balaban J connectivity index is 2.18. The van der Waals surface area contributed by atoms with Gasteiger partial charge in [-0.1, -0.05) is 6.92 Å². The summed E-state index contributed by atoms with van der Waals surface area (Å²) in [5, 5.41) is 4.22. The summed E-state index contributed by atoms with van der Waals surface area (Å²) in [6.45, 7) is 4.83. The fourth-order valence-corrected chi connectivity index (χ4v) is 2.43. The predicted molar refractivity (Wildman–Crippen MR) is 71.8 cm³/mol. The first-order valence-corrected chi connectivity index (χ1v) is 7.01. The van der Waals surface area contributed by atoms with Crippen molar-refractivity contribution >= 4 is 17.3 Å². The van der Waals surface area contributed by atoms with Gasteiger partial charge in [0, 0.05) is 18.9 Å². The molecule has 2 aromatic rings. The van der Waals surface area contributed by atoms with Gasteiger partial charge >= 0.3 is 0 Å². The van der Waals surface area contributed by atoms with E-state index in [0.29, 0.717) is 5.52 Å². The standard InChI is InChI=1S/C12H17N3OS/c1-3-17-8-4-5-14-6-7-15-11(12(14)16)9-10(2)13-15/h6-7,9H,3-5,8H2,1-2H3. The number of thioether (sulfide) groups is 1. The average Bonchev–Trinajstić information content (AvgIpc) is 2.69. The normalized spacial score (nSPS) is 11.2. The van der Waals surface area contributed by atoms with Crippen LogP contribution in [0.25, 0.3) is 5.52 Å². The van der Waals surface area contributed by atoms with Gasteiger partial charge in [0.15, 0.2) is 0 Å². The van der Waals surface area contributed by atoms with E-state index in [4.69, 9.17) is 0 Å². The quantitative estimate of drug-likeness (QED) is 0.762. The molecule has 0 radical (unpaired) electrons. The molecule has 0 bridgehead atoms. The van der Waals surface area contributed by atoms with Gasteiger partial charge in [-0.25, -0.2) is 4.52 Å². The molecule has 0 atom stereocenters. The molecule has 0 amide bonds. The maximum absolute atomic E-state index is 12.1. The highest BCUT2D eigenvalue weighted by molar-refractivity contribution is 7.99. The number of nitrogens with zero attached hydrogens (tertiary/aromatic N) is 3. The van der Waals surface area contributed by atoms with Gasteiger partial charge in [-0.2, -0.15) is 16.9 Å². The lowest BCUT2D eigenvalue weighted by molar-refractivity contribution is 0.652. The highest BCUT2D eigenvalue weighted by atomic mass is 32.2. The van der Waals surface area contributed by atoms with Crippen LogP contribution in [0.4, 0.5) is 0 Å². The summed E-state index contributed by atoms with van der Waals surface area (Å²) in [5.41, 5.74) is 1.59. The van der Waals surface area contributed by atoms with Crippen LogP contribution >= 0.6 is 11.8 Å². The van der Waals surface area contributed by atoms with E-state index >= 15 is 0 Å². The summed E-state index contributed by atoms with van der Waals surface area (Å²) >= 11 is 1.91. The molecule has 2 aromatic heterocycles.